The Kier molecular flexibility index (Phi) is 3.24. The maximum atomic E-state index is 11.9. The van der Waals surface area contributed by atoms with Gasteiger partial charge in [0.2, 0.25) is 0 Å². The highest BCUT2D eigenvalue weighted by Crippen LogP contribution is 2.33. The number of carbonyl (C=O) groups excluding carboxylic acids is 2. The minimum Gasteiger partial charge on any atom is -0.443 e. The SMILES string of the molecule is O=C1NCC(CN2CCCC2C2CCCC2=O)O1. The van der Waals surface area contributed by atoms with Crippen LogP contribution in [-0.4, -0.2) is 48.6 Å². The van der Waals surface area contributed by atoms with E-state index in [0.29, 0.717) is 18.4 Å². The number of carbonyl (C=O) groups is 2. The molecule has 2 saturated heterocycles. The minimum absolute atomic E-state index is 0.0467. The van der Waals surface area contributed by atoms with E-state index in [4.69, 9.17) is 4.74 Å². The lowest BCUT2D eigenvalue weighted by Gasteiger charge is -2.29. The molecule has 1 aliphatic carbocycles. The van der Waals surface area contributed by atoms with Crippen molar-refractivity contribution in [1.29, 1.82) is 0 Å². The Morgan fingerprint density at radius 1 is 1.28 bits per heavy atom. The van der Waals surface area contributed by atoms with Gasteiger partial charge in [0, 0.05) is 24.9 Å². The molecular weight excluding hydrogens is 232 g/mol. The van der Waals surface area contributed by atoms with Crippen molar-refractivity contribution in [3.8, 4) is 0 Å². The van der Waals surface area contributed by atoms with Crippen LogP contribution in [0.4, 0.5) is 4.79 Å². The predicted molar refractivity (Wildman–Crippen MR) is 65.2 cm³/mol. The molecule has 1 amide bonds. The van der Waals surface area contributed by atoms with E-state index in [-0.39, 0.29) is 18.1 Å². The first-order chi connectivity index (χ1) is 8.74. The van der Waals surface area contributed by atoms with Crippen LogP contribution in [0.5, 0.6) is 0 Å². The molecule has 3 aliphatic rings. The Morgan fingerprint density at radius 2 is 2.17 bits per heavy atom. The molecule has 3 unspecified atom stereocenters. The van der Waals surface area contributed by atoms with E-state index in [1.807, 2.05) is 0 Å². The number of ketones is 1. The number of Topliss-reactive ketones (excluding diaryl/α,β-unsaturated/α-hetero) is 1. The maximum absolute atomic E-state index is 11.9. The number of nitrogens with one attached hydrogen (secondary N) is 1. The van der Waals surface area contributed by atoms with Crippen LogP contribution in [0.2, 0.25) is 0 Å². The summed E-state index contributed by atoms with van der Waals surface area (Å²) in [5.41, 5.74) is 0. The van der Waals surface area contributed by atoms with Crippen molar-refractivity contribution in [2.75, 3.05) is 19.6 Å². The fourth-order valence-electron chi connectivity index (χ4n) is 3.58. The monoisotopic (exact) mass is 252 g/mol. The fourth-order valence-corrected chi connectivity index (χ4v) is 3.58. The van der Waals surface area contributed by atoms with Gasteiger partial charge >= 0.3 is 6.09 Å². The molecule has 0 bridgehead atoms. The number of hydrogen-bond acceptors (Lipinski definition) is 4. The van der Waals surface area contributed by atoms with Crippen LogP contribution in [-0.2, 0) is 9.53 Å². The molecule has 0 aromatic heterocycles. The standard InChI is InChI=1S/C13H20N2O3/c16-12-5-1-3-10(12)11-4-2-6-15(11)8-9-7-14-13(17)18-9/h9-11H,1-8H2,(H,14,17). The third kappa shape index (κ3) is 2.23. The summed E-state index contributed by atoms with van der Waals surface area (Å²) in [5, 5.41) is 2.68. The van der Waals surface area contributed by atoms with Gasteiger partial charge in [0.05, 0.1) is 6.54 Å². The quantitative estimate of drug-likeness (QED) is 0.811. The molecule has 3 atom stereocenters. The van der Waals surface area contributed by atoms with E-state index < -0.39 is 0 Å². The summed E-state index contributed by atoms with van der Waals surface area (Å²) in [7, 11) is 0. The van der Waals surface area contributed by atoms with Crippen LogP contribution in [0, 0.1) is 5.92 Å². The first kappa shape index (κ1) is 12.0. The van der Waals surface area contributed by atoms with Crippen molar-refractivity contribution >= 4 is 11.9 Å². The molecule has 1 saturated carbocycles. The van der Waals surface area contributed by atoms with Crippen LogP contribution < -0.4 is 5.32 Å². The third-order valence-electron chi connectivity index (χ3n) is 4.42. The second-order valence-electron chi connectivity index (χ2n) is 5.58. The first-order valence-corrected chi connectivity index (χ1v) is 6.95. The summed E-state index contributed by atoms with van der Waals surface area (Å²) >= 11 is 0. The van der Waals surface area contributed by atoms with Crippen molar-refractivity contribution in [2.45, 2.75) is 44.2 Å². The van der Waals surface area contributed by atoms with Crippen molar-refractivity contribution in [3.63, 3.8) is 0 Å². The van der Waals surface area contributed by atoms with Gasteiger partial charge < -0.3 is 10.1 Å². The smallest absolute Gasteiger partial charge is 0.407 e. The van der Waals surface area contributed by atoms with Crippen molar-refractivity contribution in [3.05, 3.63) is 0 Å². The molecule has 18 heavy (non-hydrogen) atoms. The molecule has 1 N–H and O–H groups in total. The number of likely N-dealkylation sites (tertiary alicyclic amines) is 1. The lowest BCUT2D eigenvalue weighted by atomic mass is 9.95. The van der Waals surface area contributed by atoms with Gasteiger partial charge in [-0.1, -0.05) is 0 Å². The molecule has 5 nitrogen and oxygen atoms in total. The van der Waals surface area contributed by atoms with Gasteiger partial charge in [-0.3, -0.25) is 9.69 Å². The van der Waals surface area contributed by atoms with Gasteiger partial charge in [-0.25, -0.2) is 4.79 Å². The van der Waals surface area contributed by atoms with E-state index in [2.05, 4.69) is 10.2 Å². The molecule has 3 rings (SSSR count). The van der Waals surface area contributed by atoms with E-state index in [1.165, 1.54) is 0 Å². The number of alkyl carbamates (subject to hydrolysis) is 1. The molecule has 100 valence electrons. The Balaban J connectivity index is 1.60. The highest BCUT2D eigenvalue weighted by atomic mass is 16.6. The molecular formula is C13H20N2O3. The number of hydrogen-bond donors (Lipinski definition) is 1. The topological polar surface area (TPSA) is 58.6 Å². The summed E-state index contributed by atoms with van der Waals surface area (Å²) in [6.45, 7) is 2.40. The van der Waals surface area contributed by atoms with E-state index in [9.17, 15) is 9.59 Å². The molecule has 0 radical (unpaired) electrons. The third-order valence-corrected chi connectivity index (χ3v) is 4.42. The average molecular weight is 252 g/mol. The zero-order valence-electron chi connectivity index (χ0n) is 10.6. The number of ether oxygens (including phenoxy) is 1. The number of nitrogens with zero attached hydrogens (tertiary/aromatic N) is 1. The number of cyclic esters (lactones) is 1. The summed E-state index contributed by atoms with van der Waals surface area (Å²) in [5.74, 6) is 0.672. The maximum Gasteiger partial charge on any atom is 0.407 e. The molecule has 2 aliphatic heterocycles. The van der Waals surface area contributed by atoms with Crippen LogP contribution in [0.15, 0.2) is 0 Å². The fraction of sp³-hybridized carbons (Fsp3) is 0.846. The molecule has 0 spiro atoms. The molecule has 0 aromatic carbocycles. The van der Waals surface area contributed by atoms with Gasteiger partial charge in [0.25, 0.3) is 0 Å². The highest BCUT2D eigenvalue weighted by molar-refractivity contribution is 5.83. The predicted octanol–water partition coefficient (Wildman–Crippen LogP) is 0.928. The van der Waals surface area contributed by atoms with E-state index in [1.54, 1.807) is 0 Å². The minimum atomic E-state index is -0.312. The number of rotatable bonds is 3. The summed E-state index contributed by atoms with van der Waals surface area (Å²) < 4.78 is 5.18. The van der Waals surface area contributed by atoms with Gasteiger partial charge in [-0.2, -0.15) is 0 Å². The van der Waals surface area contributed by atoms with E-state index in [0.717, 1.165) is 45.2 Å². The molecule has 2 heterocycles. The summed E-state index contributed by atoms with van der Waals surface area (Å²) in [6.07, 6.45) is 4.76. The van der Waals surface area contributed by atoms with Crippen molar-refractivity contribution < 1.29 is 14.3 Å². The second-order valence-corrected chi connectivity index (χ2v) is 5.58. The van der Waals surface area contributed by atoms with Gasteiger partial charge in [0.15, 0.2) is 0 Å². The Labute approximate surface area is 107 Å². The normalized spacial score (nSPS) is 37.0. The largest absolute Gasteiger partial charge is 0.443 e. The average Bonchev–Trinajstić information content (AvgIpc) is 3.02. The lowest BCUT2D eigenvalue weighted by molar-refractivity contribution is -0.122. The summed E-state index contributed by atoms with van der Waals surface area (Å²) in [6, 6.07) is 0.388. The highest BCUT2D eigenvalue weighted by Gasteiger charge is 2.39. The second kappa shape index (κ2) is 4.88. The zero-order valence-corrected chi connectivity index (χ0v) is 10.6. The molecule has 0 aromatic rings. The van der Waals surface area contributed by atoms with Crippen LogP contribution in [0.1, 0.15) is 32.1 Å². The van der Waals surface area contributed by atoms with Crippen molar-refractivity contribution in [1.82, 2.24) is 10.2 Å². The summed E-state index contributed by atoms with van der Waals surface area (Å²) in [4.78, 5) is 25.2. The zero-order chi connectivity index (χ0) is 12.5. The lowest BCUT2D eigenvalue weighted by Crippen LogP contribution is -2.42. The Hall–Kier alpha value is -1.10. The number of amides is 1. The van der Waals surface area contributed by atoms with Gasteiger partial charge in [-0.15, -0.1) is 0 Å². The Morgan fingerprint density at radius 3 is 2.83 bits per heavy atom. The molecule has 5 heteroatoms. The Bertz CT molecular complexity index is 358. The van der Waals surface area contributed by atoms with Crippen LogP contribution in [0.3, 0.4) is 0 Å². The van der Waals surface area contributed by atoms with Crippen molar-refractivity contribution in [2.24, 2.45) is 5.92 Å². The molecule has 3 fully saturated rings. The van der Waals surface area contributed by atoms with Crippen LogP contribution in [0.25, 0.3) is 0 Å². The van der Waals surface area contributed by atoms with Gasteiger partial charge in [-0.05, 0) is 32.2 Å². The first-order valence-electron chi connectivity index (χ1n) is 6.95. The van der Waals surface area contributed by atoms with E-state index >= 15 is 0 Å². The van der Waals surface area contributed by atoms with Gasteiger partial charge in [0.1, 0.15) is 11.9 Å². The van der Waals surface area contributed by atoms with Crippen LogP contribution >= 0.6 is 0 Å².